The molecule has 4 saturated carbocycles. The second-order valence-corrected chi connectivity index (χ2v) is 36.3. The van der Waals surface area contributed by atoms with E-state index in [4.69, 9.17) is 28.4 Å². The minimum absolute atomic E-state index is 0.00220. The number of ether oxygens (including phenoxy) is 8. The van der Waals surface area contributed by atoms with Crippen molar-refractivity contribution in [2.24, 2.45) is 58.2 Å². The van der Waals surface area contributed by atoms with Crippen molar-refractivity contribution in [1.29, 1.82) is 0 Å². The first-order chi connectivity index (χ1) is 51.9. The second kappa shape index (κ2) is 30.8. The molecular weight excluding hydrogens is 1480 g/mol. The highest BCUT2D eigenvalue weighted by Gasteiger charge is 2.64. The van der Waals surface area contributed by atoms with Gasteiger partial charge in [-0.3, -0.25) is 47.8 Å². The summed E-state index contributed by atoms with van der Waals surface area (Å²) < 4.78 is 154. The van der Waals surface area contributed by atoms with E-state index in [1.807, 2.05) is 38.2 Å². The molecule has 10 aliphatic rings. The lowest BCUT2D eigenvalue weighted by Gasteiger charge is -2.32. The summed E-state index contributed by atoms with van der Waals surface area (Å²) in [6, 6.07) is 6.44. The molecule has 14 atom stereocenters. The van der Waals surface area contributed by atoms with Gasteiger partial charge in [0.25, 0.3) is 0 Å². The Morgan fingerprint density at radius 3 is 1.28 bits per heavy atom. The Morgan fingerprint density at radius 1 is 0.536 bits per heavy atom. The summed E-state index contributed by atoms with van der Waals surface area (Å²) in [5, 5.41) is -0.0899. The van der Waals surface area contributed by atoms with Crippen LogP contribution in [0.3, 0.4) is 0 Å². The quantitative estimate of drug-likeness (QED) is 0.0598. The fourth-order valence-corrected chi connectivity index (χ4v) is 19.5. The van der Waals surface area contributed by atoms with E-state index < -0.39 is 149 Å². The second-order valence-electron chi connectivity index (χ2n) is 32.4. The molecule has 6 fully saturated rings. The van der Waals surface area contributed by atoms with Gasteiger partial charge in [-0.2, -0.15) is 0 Å². The number of carbonyl (C=O) groups is 8. The topological polar surface area (TPSA) is 335 Å². The fraction of sp³-hybridized carbons (Fsp3) is 0.615. The normalized spacial score (nSPS) is 31.2. The van der Waals surface area contributed by atoms with Crippen molar-refractivity contribution >= 4 is 88.7 Å². The van der Waals surface area contributed by atoms with Gasteiger partial charge in [0.15, 0.2) is 34.6 Å². The lowest BCUT2D eigenvalue weighted by atomic mass is 9.82. The number of ketones is 2. The van der Waals surface area contributed by atoms with Gasteiger partial charge in [-0.1, -0.05) is 52.0 Å². The van der Waals surface area contributed by atoms with Gasteiger partial charge in [0.2, 0.25) is 55.4 Å². The number of fused-ring (bicyclic) bond motifs is 10. The van der Waals surface area contributed by atoms with Gasteiger partial charge in [0.1, 0.15) is 12.2 Å². The molecule has 110 heavy (non-hydrogen) atoms. The fourth-order valence-electron chi connectivity index (χ4n) is 16.7. The van der Waals surface area contributed by atoms with Crippen LogP contribution in [0.5, 0.6) is 34.8 Å². The van der Waals surface area contributed by atoms with Crippen LogP contribution in [0.4, 0.5) is 17.6 Å². The number of esters is 2. The van der Waals surface area contributed by atoms with Gasteiger partial charge < -0.3 is 47.7 Å². The Balaban J connectivity index is 0.000000193. The van der Waals surface area contributed by atoms with Crippen LogP contribution >= 0.6 is 0 Å². The Labute approximate surface area is 635 Å². The van der Waals surface area contributed by atoms with Crippen LogP contribution in [-0.4, -0.2) is 156 Å². The molecule has 4 amide bonds. The van der Waals surface area contributed by atoms with Crippen molar-refractivity contribution in [3.05, 3.63) is 73.1 Å². The van der Waals surface area contributed by atoms with Crippen LogP contribution in [0, 0.1) is 58.2 Å². The molecule has 2 aromatic heterocycles. The summed E-state index contributed by atoms with van der Waals surface area (Å²) in [6.45, 7) is 14.7. The van der Waals surface area contributed by atoms with E-state index in [1.54, 1.807) is 27.7 Å². The van der Waals surface area contributed by atoms with Crippen molar-refractivity contribution in [3.63, 3.8) is 0 Å². The summed E-state index contributed by atoms with van der Waals surface area (Å²) in [7, 11) is -7.80. The summed E-state index contributed by atoms with van der Waals surface area (Å²) in [5.74, 6) is -7.48. The minimum Gasteiger partial charge on any atom is -0.472 e. The van der Waals surface area contributed by atoms with Crippen LogP contribution in [0.25, 0.3) is 21.5 Å². The highest BCUT2D eigenvalue weighted by Crippen LogP contribution is 2.59. The maximum absolute atomic E-state index is 14.7. The van der Waals surface area contributed by atoms with Crippen molar-refractivity contribution in [3.8, 4) is 34.8 Å². The van der Waals surface area contributed by atoms with Gasteiger partial charge in [-0.15, -0.1) is 17.6 Å². The number of sulfonamides is 2. The average Bonchev–Trinajstić information content (AvgIpc) is 1.57. The predicted molar refractivity (Wildman–Crippen MR) is 387 cm³/mol. The first kappa shape index (κ1) is 79.4. The van der Waals surface area contributed by atoms with E-state index in [0.717, 1.165) is 12.8 Å². The van der Waals surface area contributed by atoms with Gasteiger partial charge in [0, 0.05) is 59.6 Å². The van der Waals surface area contributed by atoms with Crippen LogP contribution in [0.15, 0.2) is 73.1 Å². The summed E-state index contributed by atoms with van der Waals surface area (Å²) >= 11 is 0. The lowest BCUT2D eigenvalue weighted by Crippen LogP contribution is -2.47. The minimum atomic E-state index is -3.90. The van der Waals surface area contributed by atoms with E-state index >= 15 is 0 Å². The molecule has 6 aliphatic heterocycles. The van der Waals surface area contributed by atoms with Crippen molar-refractivity contribution < 1.29 is 111 Å². The maximum atomic E-state index is 14.7. The average molecular weight is 1580 g/mol. The number of aromatic nitrogens is 2. The monoisotopic (exact) mass is 1570 g/mol. The number of nitrogens with one attached hydrogen (secondary N) is 2. The summed E-state index contributed by atoms with van der Waals surface area (Å²) in [4.78, 5) is 124. The van der Waals surface area contributed by atoms with Gasteiger partial charge in [-0.05, 0) is 177 Å². The van der Waals surface area contributed by atoms with E-state index in [2.05, 4.69) is 42.7 Å². The Kier molecular flexibility index (Phi) is 22.2. The molecule has 0 bridgehead atoms. The van der Waals surface area contributed by atoms with Crippen molar-refractivity contribution in [2.75, 3.05) is 13.1 Å². The zero-order chi connectivity index (χ0) is 78.9. The van der Waals surface area contributed by atoms with Crippen LogP contribution in [0.2, 0.25) is 0 Å². The van der Waals surface area contributed by atoms with Crippen LogP contribution in [-0.2, 0) is 67.9 Å². The largest absolute Gasteiger partial charge is 0.586 e. The molecular formula is C78H94F4N6O20S2. The number of amides is 4. The first-order valence-corrected chi connectivity index (χ1v) is 41.2. The molecule has 4 aromatic rings. The zero-order valence-corrected chi connectivity index (χ0v) is 64.2. The smallest absolute Gasteiger partial charge is 0.472 e. The molecule has 2 N–H and O–H groups in total. The predicted octanol–water partition coefficient (Wildman–Crippen LogP) is 10.9. The summed E-state index contributed by atoms with van der Waals surface area (Å²) in [5.41, 5.74) is -2.63. The Morgan fingerprint density at radius 2 is 0.918 bits per heavy atom. The Bertz CT molecular complexity index is 4330. The third-order valence-electron chi connectivity index (χ3n) is 22.9. The Hall–Kier alpha value is -8.68. The number of carbonyl (C=O) groups excluding carboxylic acids is 8. The van der Waals surface area contributed by atoms with E-state index in [9.17, 15) is 72.8 Å². The molecule has 4 aliphatic carbocycles. The molecule has 0 unspecified atom stereocenters. The molecule has 26 nitrogen and oxygen atoms in total. The number of allylic oxidation sites excluding steroid dienone is 4. The van der Waals surface area contributed by atoms with Gasteiger partial charge in [0.05, 0.1) is 83.4 Å². The number of pyridine rings is 2. The maximum Gasteiger partial charge on any atom is 0.586 e. The number of hydrogen-bond acceptors (Lipinski definition) is 22. The number of alkyl halides is 4. The molecule has 32 heteroatoms. The highest BCUT2D eigenvalue weighted by atomic mass is 32.2. The number of Topliss-reactive ketones (excluding diaryl/α,β-unsaturated/α-hetero) is 2. The van der Waals surface area contributed by atoms with Gasteiger partial charge >= 0.3 is 24.5 Å². The molecule has 2 aromatic carbocycles. The number of nitrogens with zero attached hydrogens (tertiary/aromatic N) is 4. The van der Waals surface area contributed by atoms with Crippen molar-refractivity contribution in [2.45, 2.75) is 231 Å². The molecule has 2 saturated heterocycles. The first-order valence-electron chi connectivity index (χ1n) is 38.1. The SMILES string of the molecule is CC(C)OC(=O)C[C@@H]1C(=O)N2C[C@H](Oc3nccc4c5c(ccc34)OC(F)(F)O5)C[C@H]2C(=O)C[C@]2(C(=O)NS(=O)(=O)C3CC3)C[C@H]2/C=C\CC[C@@H](C)C[C@H]1C.CC(C)OC(=O)C[C@@H]1C(=O)N2C[C@H](Oc3nccc4c5c(ccc34)OC(F)(F)O5)C[C@H]2C(=O)C[C@]2(C(=O)NS(=O)(=O)C3CC3)C[C@H]2/C=C\CC[C@H](C)C[C@H]1C. The molecule has 596 valence electrons. The summed E-state index contributed by atoms with van der Waals surface area (Å²) in [6.07, 6.45) is 5.84. The lowest BCUT2D eigenvalue weighted by molar-refractivity contribution is -0.287. The molecule has 14 rings (SSSR count). The van der Waals surface area contributed by atoms with Crippen molar-refractivity contribution in [1.82, 2.24) is 29.2 Å². The zero-order valence-electron chi connectivity index (χ0n) is 62.6. The third-order valence-corrected chi connectivity index (χ3v) is 26.6. The third kappa shape index (κ3) is 17.3. The number of rotatable bonds is 16. The highest BCUT2D eigenvalue weighted by molar-refractivity contribution is 7.91. The number of hydrogen-bond donors (Lipinski definition) is 2. The molecule has 0 radical (unpaired) electrons. The molecule has 0 spiro atoms. The standard InChI is InChI=1S/2C39H47F2N3O10S/c2*1-21(2)51-33(46)17-29-23(4)15-22(3)7-5-6-8-24-18-38(24,37(48)43-55(49,50)26-9-10-26)19-31(45)30-16-25(20-44(30)36(29)47)52-35-28-11-12-32-34(27(28)13-14-42-35)54-39(40,41)53-32/h2*6,8,11-14,21-26,29-30H,5,7,9-10,15-20H2,1-4H3,(H,43,48)/b2*8-6-/t22-,23+,24+,25+,29-,30-,38+;22-,23-,24-,25-,29+,30+,38-/m01/s1. The van der Waals surface area contributed by atoms with Crippen LogP contribution < -0.4 is 37.9 Å². The van der Waals surface area contributed by atoms with Gasteiger partial charge in [-0.25, -0.2) is 26.8 Å². The van der Waals surface area contributed by atoms with E-state index in [-0.39, 0.29) is 145 Å². The van der Waals surface area contributed by atoms with Crippen LogP contribution in [0.1, 0.15) is 171 Å². The van der Waals surface area contributed by atoms with E-state index in [0.29, 0.717) is 62.1 Å². The number of benzene rings is 2. The van der Waals surface area contributed by atoms with E-state index in [1.165, 1.54) is 58.6 Å². The number of halogens is 4. The molecule has 8 heterocycles.